The number of carbonyl (C=O) groups excluding carboxylic acids is 1. The number of ether oxygens (including phenoxy) is 1. The van der Waals surface area contributed by atoms with Crippen molar-refractivity contribution in [2.75, 3.05) is 19.0 Å². The number of benzene rings is 2. The van der Waals surface area contributed by atoms with Gasteiger partial charge in [-0.25, -0.2) is 5.43 Å². The van der Waals surface area contributed by atoms with Crippen molar-refractivity contribution in [1.29, 1.82) is 0 Å². The Labute approximate surface area is 133 Å². The number of para-hydroxylation sites is 1. The topological polar surface area (TPSA) is 62.7 Å². The van der Waals surface area contributed by atoms with Crippen LogP contribution in [0.2, 0.25) is 5.02 Å². The third-order valence-corrected chi connectivity index (χ3v) is 3.04. The number of hydrogen-bond donors (Lipinski definition) is 2. The predicted molar refractivity (Wildman–Crippen MR) is 88.7 cm³/mol. The van der Waals surface area contributed by atoms with Crippen LogP contribution in [-0.2, 0) is 4.79 Å². The van der Waals surface area contributed by atoms with Crippen LogP contribution in [0.25, 0.3) is 0 Å². The molecule has 6 heteroatoms. The maximum Gasteiger partial charge on any atom is 0.259 e. The maximum absolute atomic E-state index is 11.7. The molecule has 2 rings (SSSR count). The van der Waals surface area contributed by atoms with Crippen LogP contribution in [0.1, 0.15) is 5.56 Å². The highest BCUT2D eigenvalue weighted by Crippen LogP contribution is 2.15. The fourth-order valence-electron chi connectivity index (χ4n) is 1.77. The van der Waals surface area contributed by atoms with E-state index in [4.69, 9.17) is 16.3 Å². The molecule has 0 saturated heterocycles. The van der Waals surface area contributed by atoms with Gasteiger partial charge in [-0.3, -0.25) is 4.79 Å². The molecule has 0 unspecified atom stereocenters. The summed E-state index contributed by atoms with van der Waals surface area (Å²) in [4.78, 5) is 11.7. The minimum atomic E-state index is -0.258. The minimum absolute atomic E-state index is 0.101. The third kappa shape index (κ3) is 4.79. The van der Waals surface area contributed by atoms with Crippen LogP contribution in [0.15, 0.2) is 53.6 Å². The van der Waals surface area contributed by atoms with Gasteiger partial charge in [-0.1, -0.05) is 29.8 Å². The van der Waals surface area contributed by atoms with Gasteiger partial charge in [0.05, 0.1) is 19.9 Å². The predicted octanol–water partition coefficient (Wildman–Crippen LogP) is 2.91. The standard InChI is InChI=1S/C16H16ClN3O2/c1-22-15-8-3-2-5-12(15)10-19-20-16(21)11-18-14-7-4-6-13(17)9-14/h2-10,18H,11H2,1H3,(H,20,21). The Morgan fingerprint density at radius 1 is 1.27 bits per heavy atom. The zero-order valence-electron chi connectivity index (χ0n) is 12.0. The van der Waals surface area contributed by atoms with Crippen LogP contribution < -0.4 is 15.5 Å². The summed E-state index contributed by atoms with van der Waals surface area (Å²) in [7, 11) is 1.58. The van der Waals surface area contributed by atoms with Crippen LogP contribution in [0.3, 0.4) is 0 Å². The number of nitrogens with one attached hydrogen (secondary N) is 2. The number of rotatable bonds is 6. The molecule has 114 valence electrons. The molecule has 0 heterocycles. The van der Waals surface area contributed by atoms with Gasteiger partial charge in [0.15, 0.2) is 0 Å². The number of hydrogen-bond acceptors (Lipinski definition) is 4. The molecular formula is C16H16ClN3O2. The summed E-state index contributed by atoms with van der Waals surface area (Å²) in [5.74, 6) is 0.434. The lowest BCUT2D eigenvalue weighted by atomic mass is 10.2. The summed E-state index contributed by atoms with van der Waals surface area (Å²) >= 11 is 5.86. The van der Waals surface area contributed by atoms with E-state index in [9.17, 15) is 4.79 Å². The summed E-state index contributed by atoms with van der Waals surface area (Å²) in [5, 5.41) is 7.48. The summed E-state index contributed by atoms with van der Waals surface area (Å²) in [6.07, 6.45) is 1.54. The van der Waals surface area contributed by atoms with Crippen molar-refractivity contribution in [2.24, 2.45) is 5.10 Å². The Kier molecular flexibility index (Phi) is 5.80. The van der Waals surface area contributed by atoms with Crippen LogP contribution in [0.5, 0.6) is 5.75 Å². The number of carbonyl (C=O) groups is 1. The Balaban J connectivity index is 1.83. The molecule has 22 heavy (non-hydrogen) atoms. The van der Waals surface area contributed by atoms with Crippen molar-refractivity contribution in [1.82, 2.24) is 5.43 Å². The molecule has 0 bridgehead atoms. The van der Waals surface area contributed by atoms with Gasteiger partial charge in [-0.2, -0.15) is 5.10 Å². The van der Waals surface area contributed by atoms with E-state index in [0.717, 1.165) is 11.3 Å². The maximum atomic E-state index is 11.7. The van der Waals surface area contributed by atoms with Crippen molar-refractivity contribution in [2.45, 2.75) is 0 Å². The first-order valence-corrected chi connectivity index (χ1v) is 7.01. The van der Waals surface area contributed by atoms with Crippen molar-refractivity contribution >= 4 is 29.4 Å². The molecule has 2 N–H and O–H groups in total. The third-order valence-electron chi connectivity index (χ3n) is 2.81. The van der Waals surface area contributed by atoms with Gasteiger partial charge in [0, 0.05) is 16.3 Å². The van der Waals surface area contributed by atoms with E-state index >= 15 is 0 Å². The number of hydrazone groups is 1. The number of anilines is 1. The molecule has 5 nitrogen and oxygen atoms in total. The molecule has 0 aromatic heterocycles. The average Bonchev–Trinajstić information content (AvgIpc) is 2.53. The lowest BCUT2D eigenvalue weighted by Gasteiger charge is -2.06. The molecule has 0 aliphatic heterocycles. The molecule has 0 fully saturated rings. The smallest absolute Gasteiger partial charge is 0.259 e. The van der Waals surface area contributed by atoms with E-state index in [-0.39, 0.29) is 12.5 Å². The Morgan fingerprint density at radius 2 is 2.09 bits per heavy atom. The summed E-state index contributed by atoms with van der Waals surface area (Å²) in [6, 6.07) is 14.6. The first-order valence-electron chi connectivity index (χ1n) is 6.63. The fourth-order valence-corrected chi connectivity index (χ4v) is 1.96. The highest BCUT2D eigenvalue weighted by molar-refractivity contribution is 6.30. The Morgan fingerprint density at radius 3 is 2.86 bits per heavy atom. The van der Waals surface area contributed by atoms with E-state index in [1.165, 1.54) is 6.21 Å². The molecule has 2 aromatic carbocycles. The van der Waals surface area contributed by atoms with Gasteiger partial charge in [-0.15, -0.1) is 0 Å². The first kappa shape index (κ1) is 15.9. The Hall–Kier alpha value is -2.53. The van der Waals surface area contributed by atoms with Gasteiger partial charge in [-0.05, 0) is 30.3 Å². The van der Waals surface area contributed by atoms with E-state index in [1.54, 1.807) is 19.2 Å². The molecule has 0 aliphatic rings. The van der Waals surface area contributed by atoms with Crippen molar-refractivity contribution < 1.29 is 9.53 Å². The fraction of sp³-hybridized carbons (Fsp3) is 0.125. The highest BCUT2D eigenvalue weighted by Gasteiger charge is 2.01. The van der Waals surface area contributed by atoms with E-state index in [1.807, 2.05) is 36.4 Å². The number of amides is 1. The number of nitrogens with zero attached hydrogens (tertiary/aromatic N) is 1. The largest absolute Gasteiger partial charge is 0.496 e. The lowest BCUT2D eigenvalue weighted by molar-refractivity contribution is -0.119. The minimum Gasteiger partial charge on any atom is -0.496 e. The van der Waals surface area contributed by atoms with Gasteiger partial charge in [0.25, 0.3) is 5.91 Å². The van der Waals surface area contributed by atoms with E-state index in [0.29, 0.717) is 10.8 Å². The van der Waals surface area contributed by atoms with E-state index in [2.05, 4.69) is 15.8 Å². The molecule has 0 aliphatic carbocycles. The molecule has 0 spiro atoms. The Bertz CT molecular complexity index is 674. The van der Waals surface area contributed by atoms with Gasteiger partial charge >= 0.3 is 0 Å². The van der Waals surface area contributed by atoms with Crippen LogP contribution >= 0.6 is 11.6 Å². The molecule has 1 amide bonds. The first-order chi connectivity index (χ1) is 10.7. The highest BCUT2D eigenvalue weighted by atomic mass is 35.5. The summed E-state index contributed by atoms with van der Waals surface area (Å²) in [5.41, 5.74) is 4.01. The summed E-state index contributed by atoms with van der Waals surface area (Å²) < 4.78 is 5.19. The van der Waals surface area contributed by atoms with Gasteiger partial charge in [0.1, 0.15) is 5.75 Å². The zero-order chi connectivity index (χ0) is 15.8. The van der Waals surface area contributed by atoms with E-state index < -0.39 is 0 Å². The average molecular weight is 318 g/mol. The van der Waals surface area contributed by atoms with Crippen LogP contribution in [0, 0.1) is 0 Å². The molecule has 0 radical (unpaired) electrons. The zero-order valence-corrected chi connectivity index (χ0v) is 12.8. The quantitative estimate of drug-likeness (QED) is 0.636. The summed E-state index contributed by atoms with van der Waals surface area (Å²) in [6.45, 7) is 0.101. The second-order valence-corrected chi connectivity index (χ2v) is 4.84. The molecule has 0 saturated carbocycles. The second kappa shape index (κ2) is 8.05. The normalized spacial score (nSPS) is 10.5. The molecule has 0 atom stereocenters. The van der Waals surface area contributed by atoms with Crippen LogP contribution in [0.4, 0.5) is 5.69 Å². The number of halogens is 1. The van der Waals surface area contributed by atoms with Crippen LogP contribution in [-0.4, -0.2) is 25.8 Å². The second-order valence-electron chi connectivity index (χ2n) is 4.40. The lowest BCUT2D eigenvalue weighted by Crippen LogP contribution is -2.25. The van der Waals surface area contributed by atoms with Crippen molar-refractivity contribution in [3.05, 3.63) is 59.1 Å². The van der Waals surface area contributed by atoms with Crippen molar-refractivity contribution in [3.8, 4) is 5.75 Å². The molecule has 2 aromatic rings. The monoisotopic (exact) mass is 317 g/mol. The molecular weight excluding hydrogens is 302 g/mol. The van der Waals surface area contributed by atoms with Gasteiger partial charge in [0.2, 0.25) is 0 Å². The SMILES string of the molecule is COc1ccccc1C=NNC(=O)CNc1cccc(Cl)c1. The van der Waals surface area contributed by atoms with Crippen molar-refractivity contribution in [3.63, 3.8) is 0 Å². The number of methoxy groups -OCH3 is 1. The van der Waals surface area contributed by atoms with Gasteiger partial charge < -0.3 is 10.1 Å².